The Balaban J connectivity index is 2.23. The Morgan fingerprint density at radius 2 is 2.14 bits per heavy atom. The first-order valence-corrected chi connectivity index (χ1v) is 7.72. The smallest absolute Gasteiger partial charge is 0.257 e. The van der Waals surface area contributed by atoms with Crippen LogP contribution >= 0.6 is 11.3 Å². The number of amides is 1. The molecule has 1 aromatic heterocycles. The number of ether oxygens (including phenoxy) is 1. The van der Waals surface area contributed by atoms with E-state index in [-0.39, 0.29) is 5.91 Å². The van der Waals surface area contributed by atoms with Gasteiger partial charge in [0.2, 0.25) is 0 Å². The van der Waals surface area contributed by atoms with E-state index in [1.165, 1.54) is 10.4 Å². The topological polar surface area (TPSA) is 55.6 Å². The Morgan fingerprint density at radius 3 is 2.76 bits per heavy atom. The largest absolute Gasteiger partial charge is 0.491 e. The lowest BCUT2D eigenvalue weighted by atomic mass is 10.1. The van der Waals surface area contributed by atoms with Crippen LogP contribution in [0.3, 0.4) is 0 Å². The second-order valence-corrected chi connectivity index (χ2v) is 5.85. The average molecular weight is 304 g/mol. The molecule has 0 aliphatic rings. The first kappa shape index (κ1) is 15.4. The zero-order valence-corrected chi connectivity index (χ0v) is 13.4. The molecule has 0 spiro atoms. The summed E-state index contributed by atoms with van der Waals surface area (Å²) in [6.45, 7) is 4.99. The van der Waals surface area contributed by atoms with Crippen molar-refractivity contribution in [3.63, 3.8) is 0 Å². The van der Waals surface area contributed by atoms with Crippen molar-refractivity contribution >= 4 is 22.9 Å². The number of hydrogen-bond donors (Lipinski definition) is 1. The fourth-order valence-electron chi connectivity index (χ4n) is 2.09. The summed E-state index contributed by atoms with van der Waals surface area (Å²) < 4.78 is 5.53. The van der Waals surface area contributed by atoms with Gasteiger partial charge >= 0.3 is 0 Å². The van der Waals surface area contributed by atoms with Crippen molar-refractivity contribution in [1.29, 1.82) is 0 Å². The molecular formula is C16H20N2O2S. The first-order valence-electron chi connectivity index (χ1n) is 6.84. The maximum Gasteiger partial charge on any atom is 0.257 e. The molecule has 0 unspecified atom stereocenters. The van der Waals surface area contributed by atoms with Crippen LogP contribution in [0.15, 0.2) is 29.6 Å². The number of hydrogen-bond acceptors (Lipinski definition) is 4. The summed E-state index contributed by atoms with van der Waals surface area (Å²) in [6.07, 6.45) is 0. The van der Waals surface area contributed by atoms with Gasteiger partial charge in [-0.3, -0.25) is 4.79 Å². The molecule has 112 valence electrons. The van der Waals surface area contributed by atoms with E-state index in [9.17, 15) is 4.79 Å². The van der Waals surface area contributed by atoms with Gasteiger partial charge < -0.3 is 15.4 Å². The lowest BCUT2D eigenvalue weighted by Gasteiger charge is -2.19. The fourth-order valence-corrected chi connectivity index (χ4v) is 3.05. The minimum absolute atomic E-state index is 0.0847. The van der Waals surface area contributed by atoms with Crippen LogP contribution in [-0.2, 0) is 6.54 Å². The van der Waals surface area contributed by atoms with E-state index in [2.05, 4.69) is 13.0 Å². The summed E-state index contributed by atoms with van der Waals surface area (Å²) in [5, 5.41) is 2.04. The molecule has 2 aromatic rings. The Kier molecular flexibility index (Phi) is 4.85. The number of aryl methyl sites for hydroxylation is 1. The van der Waals surface area contributed by atoms with Gasteiger partial charge in [-0.1, -0.05) is 6.07 Å². The predicted octanol–water partition coefficient (Wildman–Crippen LogP) is 3.31. The lowest BCUT2D eigenvalue weighted by Crippen LogP contribution is -2.26. The molecule has 5 heteroatoms. The monoisotopic (exact) mass is 304 g/mol. The van der Waals surface area contributed by atoms with Crippen LogP contribution in [0.4, 0.5) is 5.69 Å². The normalized spacial score (nSPS) is 10.4. The van der Waals surface area contributed by atoms with Crippen LogP contribution in [0.1, 0.15) is 27.7 Å². The Morgan fingerprint density at radius 1 is 1.38 bits per heavy atom. The molecule has 0 atom stereocenters. The number of nitrogen functional groups attached to an aromatic ring is 1. The average Bonchev–Trinajstić information content (AvgIpc) is 2.86. The van der Waals surface area contributed by atoms with Crippen molar-refractivity contribution in [1.82, 2.24) is 4.90 Å². The number of para-hydroxylation sites is 1. The van der Waals surface area contributed by atoms with Crippen LogP contribution in [0.2, 0.25) is 0 Å². The number of carbonyl (C=O) groups is 1. The van der Waals surface area contributed by atoms with Gasteiger partial charge in [0.1, 0.15) is 0 Å². The van der Waals surface area contributed by atoms with Gasteiger partial charge in [0.05, 0.1) is 24.4 Å². The minimum atomic E-state index is -0.0847. The van der Waals surface area contributed by atoms with Crippen LogP contribution in [0.5, 0.6) is 5.75 Å². The zero-order valence-electron chi connectivity index (χ0n) is 12.6. The highest BCUT2D eigenvalue weighted by molar-refractivity contribution is 7.10. The van der Waals surface area contributed by atoms with Gasteiger partial charge in [-0.15, -0.1) is 11.3 Å². The highest BCUT2D eigenvalue weighted by Gasteiger charge is 2.19. The zero-order chi connectivity index (χ0) is 15.4. The molecule has 2 N–H and O–H groups in total. The van der Waals surface area contributed by atoms with E-state index in [1.807, 2.05) is 12.3 Å². The molecule has 1 aromatic carbocycles. The maximum atomic E-state index is 12.6. The number of carbonyl (C=O) groups excluding carboxylic acids is 1. The second-order valence-electron chi connectivity index (χ2n) is 4.84. The third-order valence-electron chi connectivity index (χ3n) is 3.26. The first-order chi connectivity index (χ1) is 10.0. The van der Waals surface area contributed by atoms with E-state index < -0.39 is 0 Å². The lowest BCUT2D eigenvalue weighted by molar-refractivity contribution is 0.0782. The summed E-state index contributed by atoms with van der Waals surface area (Å²) in [5.41, 5.74) is 8.11. The van der Waals surface area contributed by atoms with Crippen LogP contribution in [-0.4, -0.2) is 24.5 Å². The molecular weight excluding hydrogens is 284 g/mol. The van der Waals surface area contributed by atoms with Crippen molar-refractivity contribution in [2.45, 2.75) is 20.4 Å². The maximum absolute atomic E-state index is 12.6. The van der Waals surface area contributed by atoms with Gasteiger partial charge in [0.15, 0.2) is 5.75 Å². The third kappa shape index (κ3) is 3.36. The summed E-state index contributed by atoms with van der Waals surface area (Å²) in [4.78, 5) is 15.5. The van der Waals surface area contributed by atoms with E-state index in [1.54, 1.807) is 41.5 Å². The predicted molar refractivity (Wildman–Crippen MR) is 86.9 cm³/mol. The van der Waals surface area contributed by atoms with Crippen molar-refractivity contribution in [2.75, 3.05) is 19.4 Å². The number of thiophene rings is 1. The van der Waals surface area contributed by atoms with Gasteiger partial charge in [-0.05, 0) is 43.0 Å². The molecule has 2 rings (SSSR count). The molecule has 0 bridgehead atoms. The SMILES string of the molecule is CCOc1c(N)cccc1C(=O)N(C)Cc1sccc1C. The minimum Gasteiger partial charge on any atom is -0.491 e. The quantitative estimate of drug-likeness (QED) is 0.862. The molecule has 21 heavy (non-hydrogen) atoms. The number of nitrogens with two attached hydrogens (primary N) is 1. The molecule has 0 saturated carbocycles. The molecule has 0 fully saturated rings. The second kappa shape index (κ2) is 6.63. The molecule has 1 heterocycles. The molecule has 0 aliphatic heterocycles. The molecule has 0 aliphatic carbocycles. The highest BCUT2D eigenvalue weighted by atomic mass is 32.1. The van der Waals surface area contributed by atoms with Crippen molar-refractivity contribution in [3.05, 3.63) is 45.6 Å². The van der Waals surface area contributed by atoms with Gasteiger partial charge in [0.25, 0.3) is 5.91 Å². The van der Waals surface area contributed by atoms with E-state index in [0.717, 1.165) is 0 Å². The van der Waals surface area contributed by atoms with E-state index >= 15 is 0 Å². The summed E-state index contributed by atoms with van der Waals surface area (Å²) in [5.74, 6) is 0.387. The third-order valence-corrected chi connectivity index (χ3v) is 4.27. The van der Waals surface area contributed by atoms with Crippen molar-refractivity contribution in [3.8, 4) is 5.75 Å². The van der Waals surface area contributed by atoms with Gasteiger partial charge in [-0.2, -0.15) is 0 Å². The summed E-state index contributed by atoms with van der Waals surface area (Å²) in [7, 11) is 1.79. The Hall–Kier alpha value is -2.01. The fraction of sp³-hybridized carbons (Fsp3) is 0.312. The Bertz CT molecular complexity index is 637. The molecule has 0 radical (unpaired) electrons. The van der Waals surface area contributed by atoms with Crippen LogP contribution in [0, 0.1) is 6.92 Å². The number of rotatable bonds is 5. The number of nitrogens with zero attached hydrogens (tertiary/aromatic N) is 1. The molecule has 0 saturated heterocycles. The van der Waals surface area contributed by atoms with E-state index in [4.69, 9.17) is 10.5 Å². The number of benzene rings is 1. The van der Waals surface area contributed by atoms with Crippen molar-refractivity contribution in [2.24, 2.45) is 0 Å². The van der Waals surface area contributed by atoms with E-state index in [0.29, 0.717) is 30.2 Å². The van der Waals surface area contributed by atoms with Gasteiger partial charge in [0, 0.05) is 11.9 Å². The summed E-state index contributed by atoms with van der Waals surface area (Å²) >= 11 is 1.66. The van der Waals surface area contributed by atoms with Gasteiger partial charge in [-0.25, -0.2) is 0 Å². The van der Waals surface area contributed by atoms with Crippen molar-refractivity contribution < 1.29 is 9.53 Å². The molecule has 1 amide bonds. The Labute approximate surface area is 129 Å². The standard InChI is InChI=1S/C16H20N2O2S/c1-4-20-15-12(6-5-7-13(15)17)16(19)18(3)10-14-11(2)8-9-21-14/h5-9H,4,10,17H2,1-3H3. The molecule has 4 nitrogen and oxygen atoms in total. The number of anilines is 1. The highest BCUT2D eigenvalue weighted by Crippen LogP contribution is 2.28. The summed E-state index contributed by atoms with van der Waals surface area (Å²) in [6, 6.07) is 7.33. The van der Waals surface area contributed by atoms with Crippen LogP contribution in [0.25, 0.3) is 0 Å². The van der Waals surface area contributed by atoms with Crippen LogP contribution < -0.4 is 10.5 Å².